The smallest absolute Gasteiger partial charge is 0.166 e. The second kappa shape index (κ2) is 5.85. The molecule has 108 valence electrons. The maximum Gasteiger partial charge on any atom is 0.166 e. The van der Waals surface area contributed by atoms with Crippen LogP contribution in [0.4, 0.5) is 0 Å². The fourth-order valence-corrected chi connectivity index (χ4v) is 3.13. The third-order valence-electron chi connectivity index (χ3n) is 4.58. The van der Waals surface area contributed by atoms with Gasteiger partial charge in [0.25, 0.3) is 0 Å². The maximum absolute atomic E-state index is 12.8. The van der Waals surface area contributed by atoms with Crippen LogP contribution in [0.1, 0.15) is 53.2 Å². The molecule has 0 saturated heterocycles. The van der Waals surface area contributed by atoms with Gasteiger partial charge in [0.1, 0.15) is 0 Å². The Bertz CT molecular complexity index is 642. The summed E-state index contributed by atoms with van der Waals surface area (Å²) in [4.78, 5) is 12.8. The van der Waals surface area contributed by atoms with Crippen LogP contribution in [0.3, 0.4) is 0 Å². The second-order valence-electron chi connectivity index (χ2n) is 5.92. The molecule has 0 spiro atoms. The standard InChI is InChI=1S/C20H22O/c1-3-14-10-11-15(4-2)18(12-14)20(21)19-13-17(19)16-8-6-5-7-9-16/h5-12,17,19H,3-4,13H2,1-2H3. The molecule has 0 heterocycles. The molecule has 2 unspecified atom stereocenters. The molecule has 1 heteroatoms. The van der Waals surface area contributed by atoms with Gasteiger partial charge in [0.2, 0.25) is 0 Å². The summed E-state index contributed by atoms with van der Waals surface area (Å²) in [5.74, 6) is 0.953. The van der Waals surface area contributed by atoms with Crippen molar-refractivity contribution in [3.63, 3.8) is 0 Å². The number of aryl methyl sites for hydroxylation is 2. The first kappa shape index (κ1) is 14.1. The van der Waals surface area contributed by atoms with Crippen molar-refractivity contribution in [2.75, 3.05) is 0 Å². The van der Waals surface area contributed by atoms with Crippen molar-refractivity contribution in [3.05, 3.63) is 70.8 Å². The molecular formula is C20H22O. The molecule has 0 amide bonds. The summed E-state index contributed by atoms with van der Waals surface area (Å²) in [6.45, 7) is 4.26. The molecule has 1 aliphatic carbocycles. The van der Waals surface area contributed by atoms with Gasteiger partial charge in [0, 0.05) is 11.5 Å². The summed E-state index contributed by atoms with van der Waals surface area (Å²) in [6, 6.07) is 16.8. The first-order chi connectivity index (χ1) is 10.2. The number of Topliss-reactive ketones (excluding diaryl/α,β-unsaturated/α-hetero) is 1. The second-order valence-corrected chi connectivity index (χ2v) is 5.92. The van der Waals surface area contributed by atoms with Gasteiger partial charge in [-0.05, 0) is 47.9 Å². The summed E-state index contributed by atoms with van der Waals surface area (Å²) in [5, 5.41) is 0. The molecule has 1 fully saturated rings. The van der Waals surface area contributed by atoms with Gasteiger partial charge in [0.05, 0.1) is 0 Å². The number of hydrogen-bond acceptors (Lipinski definition) is 1. The van der Waals surface area contributed by atoms with Gasteiger partial charge in [-0.25, -0.2) is 0 Å². The van der Waals surface area contributed by atoms with E-state index < -0.39 is 0 Å². The molecule has 0 aromatic heterocycles. The Labute approximate surface area is 127 Å². The van der Waals surface area contributed by atoms with Crippen LogP contribution >= 0.6 is 0 Å². The first-order valence-electron chi connectivity index (χ1n) is 7.95. The van der Waals surface area contributed by atoms with Crippen LogP contribution in [0.5, 0.6) is 0 Å². The summed E-state index contributed by atoms with van der Waals surface area (Å²) in [7, 11) is 0. The molecule has 3 rings (SSSR count). The highest BCUT2D eigenvalue weighted by Crippen LogP contribution is 2.49. The minimum Gasteiger partial charge on any atom is -0.294 e. The normalized spacial score (nSPS) is 20.3. The SMILES string of the molecule is CCc1ccc(CC)c(C(=O)C2CC2c2ccccc2)c1. The highest BCUT2D eigenvalue weighted by molar-refractivity contribution is 6.01. The molecule has 0 bridgehead atoms. The third kappa shape index (κ3) is 2.78. The lowest BCUT2D eigenvalue weighted by molar-refractivity contribution is 0.0964. The van der Waals surface area contributed by atoms with E-state index >= 15 is 0 Å². The van der Waals surface area contributed by atoms with E-state index in [4.69, 9.17) is 0 Å². The van der Waals surface area contributed by atoms with Crippen molar-refractivity contribution >= 4 is 5.78 Å². The molecule has 1 saturated carbocycles. The fourth-order valence-electron chi connectivity index (χ4n) is 3.13. The Morgan fingerprint density at radius 1 is 1.05 bits per heavy atom. The minimum absolute atomic E-state index is 0.185. The number of rotatable bonds is 5. The van der Waals surface area contributed by atoms with Crippen molar-refractivity contribution < 1.29 is 4.79 Å². The molecule has 1 nitrogen and oxygen atoms in total. The molecule has 2 aromatic rings. The van der Waals surface area contributed by atoms with Crippen molar-refractivity contribution in [3.8, 4) is 0 Å². The van der Waals surface area contributed by atoms with Gasteiger partial charge < -0.3 is 0 Å². The summed E-state index contributed by atoms with van der Waals surface area (Å²) in [5.41, 5.74) is 4.71. The van der Waals surface area contributed by atoms with E-state index in [1.165, 1.54) is 16.7 Å². The van der Waals surface area contributed by atoms with Crippen molar-refractivity contribution in [2.45, 2.75) is 39.0 Å². The lowest BCUT2D eigenvalue weighted by atomic mass is 9.94. The number of ketones is 1. The molecule has 1 aliphatic rings. The molecule has 0 radical (unpaired) electrons. The quantitative estimate of drug-likeness (QED) is 0.718. The van der Waals surface area contributed by atoms with Gasteiger partial charge in [-0.1, -0.05) is 56.3 Å². The lowest BCUT2D eigenvalue weighted by Gasteiger charge is -2.09. The van der Waals surface area contributed by atoms with E-state index in [9.17, 15) is 4.79 Å². The van der Waals surface area contributed by atoms with Gasteiger partial charge in [-0.2, -0.15) is 0 Å². The molecular weight excluding hydrogens is 256 g/mol. The minimum atomic E-state index is 0.185. The molecule has 2 atom stereocenters. The monoisotopic (exact) mass is 278 g/mol. The van der Waals surface area contributed by atoms with E-state index in [2.05, 4.69) is 56.3 Å². The zero-order valence-electron chi connectivity index (χ0n) is 12.8. The Kier molecular flexibility index (Phi) is 3.92. The Morgan fingerprint density at radius 2 is 1.81 bits per heavy atom. The molecule has 21 heavy (non-hydrogen) atoms. The van der Waals surface area contributed by atoms with Gasteiger partial charge in [-0.3, -0.25) is 4.79 Å². The highest BCUT2D eigenvalue weighted by atomic mass is 16.1. The largest absolute Gasteiger partial charge is 0.294 e. The zero-order valence-corrected chi connectivity index (χ0v) is 12.8. The van der Waals surface area contributed by atoms with E-state index in [0.29, 0.717) is 11.7 Å². The van der Waals surface area contributed by atoms with Crippen LogP contribution in [0.25, 0.3) is 0 Å². The average molecular weight is 278 g/mol. The molecule has 0 aliphatic heterocycles. The molecule has 2 aromatic carbocycles. The van der Waals surface area contributed by atoms with Crippen LogP contribution in [-0.2, 0) is 12.8 Å². The first-order valence-corrected chi connectivity index (χ1v) is 7.95. The van der Waals surface area contributed by atoms with Gasteiger partial charge in [0.15, 0.2) is 5.78 Å². The van der Waals surface area contributed by atoms with Gasteiger partial charge in [-0.15, -0.1) is 0 Å². The Morgan fingerprint density at radius 3 is 2.48 bits per heavy atom. The third-order valence-corrected chi connectivity index (χ3v) is 4.58. The Hall–Kier alpha value is -1.89. The predicted molar refractivity (Wildman–Crippen MR) is 86.8 cm³/mol. The van der Waals surface area contributed by atoms with E-state index in [-0.39, 0.29) is 5.92 Å². The van der Waals surface area contributed by atoms with Crippen molar-refractivity contribution in [1.29, 1.82) is 0 Å². The predicted octanol–water partition coefficient (Wildman–Crippen LogP) is 4.80. The van der Waals surface area contributed by atoms with Crippen LogP contribution in [0.15, 0.2) is 48.5 Å². The van der Waals surface area contributed by atoms with E-state index in [1.54, 1.807) is 0 Å². The summed E-state index contributed by atoms with van der Waals surface area (Å²) >= 11 is 0. The number of benzene rings is 2. The Balaban J connectivity index is 1.84. The highest BCUT2D eigenvalue weighted by Gasteiger charge is 2.44. The fraction of sp³-hybridized carbons (Fsp3) is 0.350. The van der Waals surface area contributed by atoms with E-state index in [0.717, 1.165) is 24.8 Å². The van der Waals surface area contributed by atoms with Gasteiger partial charge >= 0.3 is 0 Å². The topological polar surface area (TPSA) is 17.1 Å². The number of hydrogen-bond donors (Lipinski definition) is 0. The van der Waals surface area contributed by atoms with E-state index in [1.807, 2.05) is 6.07 Å². The van der Waals surface area contributed by atoms with Crippen LogP contribution in [0, 0.1) is 5.92 Å². The zero-order chi connectivity index (χ0) is 14.8. The van der Waals surface area contributed by atoms with Crippen LogP contribution in [0.2, 0.25) is 0 Å². The van der Waals surface area contributed by atoms with Crippen LogP contribution in [-0.4, -0.2) is 5.78 Å². The number of carbonyl (C=O) groups excluding carboxylic acids is 1. The van der Waals surface area contributed by atoms with Crippen LogP contribution < -0.4 is 0 Å². The summed E-state index contributed by atoms with van der Waals surface area (Å²) in [6.07, 6.45) is 2.91. The molecule has 0 N–H and O–H groups in total. The van der Waals surface area contributed by atoms with Crippen molar-refractivity contribution in [2.24, 2.45) is 5.92 Å². The maximum atomic E-state index is 12.8. The lowest BCUT2D eigenvalue weighted by Crippen LogP contribution is -2.07. The average Bonchev–Trinajstić information content (AvgIpc) is 3.35. The van der Waals surface area contributed by atoms with Crippen molar-refractivity contribution in [1.82, 2.24) is 0 Å². The number of carbonyl (C=O) groups is 1. The summed E-state index contributed by atoms with van der Waals surface area (Å²) < 4.78 is 0.